The van der Waals surface area contributed by atoms with E-state index < -0.39 is 0 Å². The summed E-state index contributed by atoms with van der Waals surface area (Å²) in [6, 6.07) is 26.9. The molecule has 0 bridgehead atoms. The van der Waals surface area contributed by atoms with Crippen LogP contribution in [0.25, 0.3) is 0 Å². The van der Waals surface area contributed by atoms with Gasteiger partial charge in [0.1, 0.15) is 5.75 Å². The van der Waals surface area contributed by atoms with Gasteiger partial charge in [-0.05, 0) is 72.2 Å². The Hall–Kier alpha value is -3.75. The maximum atomic E-state index is 12.3. The summed E-state index contributed by atoms with van der Waals surface area (Å²) < 4.78 is 5.52. The molecule has 1 aliphatic heterocycles. The van der Waals surface area contributed by atoms with E-state index in [4.69, 9.17) is 17.0 Å². The van der Waals surface area contributed by atoms with Crippen molar-refractivity contribution in [3.63, 3.8) is 0 Å². The van der Waals surface area contributed by atoms with Gasteiger partial charge in [0.25, 0.3) is 5.91 Å². The molecule has 6 nitrogen and oxygen atoms in total. The molecule has 5 rings (SSSR count). The minimum atomic E-state index is -0.221. The average molecular weight is 487 g/mol. The molecule has 2 aromatic carbocycles. The lowest BCUT2D eigenvalue weighted by molar-refractivity contribution is -0.118. The summed E-state index contributed by atoms with van der Waals surface area (Å²) in [5, 5.41) is 9.04. The van der Waals surface area contributed by atoms with Gasteiger partial charge in [-0.15, -0.1) is 11.3 Å². The molecule has 0 saturated carbocycles. The number of nitrogens with zero attached hydrogens (tertiary/aromatic N) is 2. The van der Waals surface area contributed by atoms with Crippen LogP contribution < -0.4 is 20.3 Å². The molecular formula is C26H22N4O2S2. The molecule has 4 aromatic rings. The highest BCUT2D eigenvalue weighted by Gasteiger charge is 2.41. The van der Waals surface area contributed by atoms with Crippen molar-refractivity contribution in [3.05, 3.63) is 107 Å². The third-order valence-electron chi connectivity index (χ3n) is 5.48. The number of amides is 1. The first-order valence-electron chi connectivity index (χ1n) is 10.8. The molecule has 0 aliphatic carbocycles. The SMILES string of the molecule is O=C(COc1ccccc1)Nc1ccc(N2C(=S)N[C@H](c3ccccn3)[C@H]2c2cccs2)cc1. The van der Waals surface area contributed by atoms with Gasteiger partial charge in [-0.3, -0.25) is 9.78 Å². The molecule has 0 spiro atoms. The number of nitrogens with one attached hydrogen (secondary N) is 2. The molecule has 3 heterocycles. The van der Waals surface area contributed by atoms with E-state index in [1.165, 1.54) is 4.88 Å². The second-order valence-electron chi connectivity index (χ2n) is 7.71. The maximum absolute atomic E-state index is 12.3. The minimum Gasteiger partial charge on any atom is -0.484 e. The third-order valence-corrected chi connectivity index (χ3v) is 6.73. The van der Waals surface area contributed by atoms with E-state index in [1.54, 1.807) is 17.5 Å². The molecule has 1 saturated heterocycles. The molecule has 170 valence electrons. The van der Waals surface area contributed by atoms with Gasteiger partial charge in [0.2, 0.25) is 0 Å². The van der Waals surface area contributed by atoms with Gasteiger partial charge in [0, 0.05) is 22.4 Å². The standard InChI is InChI=1S/C26H22N4O2S2/c31-23(17-32-20-7-2-1-3-8-20)28-18-11-13-19(14-12-18)30-25(22-10-6-16-34-22)24(29-26(30)33)21-9-4-5-15-27-21/h1-16,24-25H,17H2,(H,28,31)(H,29,33)/t24-,25-/m1/s1. The largest absolute Gasteiger partial charge is 0.484 e. The molecule has 2 N–H and O–H groups in total. The van der Waals surface area contributed by atoms with Crippen molar-refractivity contribution in [1.82, 2.24) is 10.3 Å². The molecule has 0 radical (unpaired) electrons. The van der Waals surface area contributed by atoms with Crippen molar-refractivity contribution in [2.45, 2.75) is 12.1 Å². The Morgan fingerprint density at radius 2 is 1.82 bits per heavy atom. The Kier molecular flexibility index (Phi) is 6.51. The van der Waals surface area contributed by atoms with E-state index in [0.29, 0.717) is 16.5 Å². The Morgan fingerprint density at radius 1 is 1.03 bits per heavy atom. The van der Waals surface area contributed by atoms with Crippen LogP contribution in [0.5, 0.6) is 5.75 Å². The number of hydrogen-bond donors (Lipinski definition) is 2. The predicted molar refractivity (Wildman–Crippen MR) is 139 cm³/mol. The van der Waals surface area contributed by atoms with Crippen LogP contribution in [-0.2, 0) is 4.79 Å². The summed E-state index contributed by atoms with van der Waals surface area (Å²) >= 11 is 7.43. The zero-order valence-corrected chi connectivity index (χ0v) is 19.8. The number of thiocarbonyl (C=S) groups is 1. The van der Waals surface area contributed by atoms with Gasteiger partial charge in [0.05, 0.1) is 17.8 Å². The molecule has 8 heteroatoms. The molecule has 1 amide bonds. The van der Waals surface area contributed by atoms with Crippen molar-refractivity contribution in [1.29, 1.82) is 0 Å². The smallest absolute Gasteiger partial charge is 0.262 e. The zero-order valence-electron chi connectivity index (χ0n) is 18.1. The molecule has 0 unspecified atom stereocenters. The second kappa shape index (κ2) is 10.0. The van der Waals surface area contributed by atoms with Crippen molar-refractivity contribution in [2.24, 2.45) is 0 Å². The normalized spacial score (nSPS) is 17.3. The first-order chi connectivity index (χ1) is 16.7. The summed E-state index contributed by atoms with van der Waals surface area (Å²) in [6.45, 7) is -0.0574. The van der Waals surface area contributed by atoms with Crippen LogP contribution in [0.2, 0.25) is 0 Å². The number of carbonyl (C=O) groups excluding carboxylic acids is 1. The third kappa shape index (κ3) is 4.78. The monoisotopic (exact) mass is 486 g/mol. The van der Waals surface area contributed by atoms with E-state index in [2.05, 4.69) is 32.0 Å². The minimum absolute atomic E-state index is 0.0258. The first kappa shape index (κ1) is 22.1. The van der Waals surface area contributed by atoms with E-state index in [9.17, 15) is 4.79 Å². The number of thiophene rings is 1. The fraction of sp³-hybridized carbons (Fsp3) is 0.115. The van der Waals surface area contributed by atoms with Crippen LogP contribution in [0.3, 0.4) is 0 Å². The van der Waals surface area contributed by atoms with Crippen LogP contribution in [0, 0.1) is 0 Å². The summed E-state index contributed by atoms with van der Waals surface area (Å²) in [6.07, 6.45) is 1.80. The zero-order chi connectivity index (χ0) is 23.3. The highest BCUT2D eigenvalue weighted by atomic mass is 32.1. The predicted octanol–water partition coefficient (Wildman–Crippen LogP) is 5.34. The van der Waals surface area contributed by atoms with Gasteiger partial charge in [-0.2, -0.15) is 0 Å². The van der Waals surface area contributed by atoms with E-state index >= 15 is 0 Å². The summed E-state index contributed by atoms with van der Waals surface area (Å²) in [5.41, 5.74) is 2.57. The summed E-state index contributed by atoms with van der Waals surface area (Å²) in [4.78, 5) is 20.2. The Labute approximate surface area is 207 Å². The quantitative estimate of drug-likeness (QED) is 0.344. The Bertz CT molecular complexity index is 1250. The van der Waals surface area contributed by atoms with Crippen LogP contribution in [0.1, 0.15) is 22.7 Å². The van der Waals surface area contributed by atoms with Crippen molar-refractivity contribution < 1.29 is 9.53 Å². The van der Waals surface area contributed by atoms with E-state index in [0.717, 1.165) is 11.4 Å². The number of pyridine rings is 1. The van der Waals surface area contributed by atoms with Crippen LogP contribution in [0.4, 0.5) is 11.4 Å². The lowest BCUT2D eigenvalue weighted by Crippen LogP contribution is -2.29. The van der Waals surface area contributed by atoms with Crippen molar-refractivity contribution in [2.75, 3.05) is 16.8 Å². The summed E-state index contributed by atoms with van der Waals surface area (Å²) in [7, 11) is 0. The Balaban J connectivity index is 1.32. The molecule has 1 aliphatic rings. The lowest BCUT2D eigenvalue weighted by atomic mass is 10.0. The fourth-order valence-electron chi connectivity index (χ4n) is 3.95. The van der Waals surface area contributed by atoms with Crippen molar-refractivity contribution >= 4 is 45.9 Å². The van der Waals surface area contributed by atoms with E-state index in [1.807, 2.05) is 78.9 Å². The molecule has 2 atom stereocenters. The van der Waals surface area contributed by atoms with Gasteiger partial charge < -0.3 is 20.3 Å². The number of ether oxygens (including phenoxy) is 1. The van der Waals surface area contributed by atoms with Crippen LogP contribution in [0.15, 0.2) is 96.5 Å². The second-order valence-corrected chi connectivity index (χ2v) is 9.07. The van der Waals surface area contributed by atoms with Gasteiger partial charge in [-0.25, -0.2) is 0 Å². The number of hydrogen-bond acceptors (Lipinski definition) is 5. The highest BCUT2D eigenvalue weighted by Crippen LogP contribution is 2.43. The molecular weight excluding hydrogens is 464 g/mol. The number of aromatic nitrogens is 1. The fourth-order valence-corrected chi connectivity index (χ4v) is 5.15. The number of carbonyl (C=O) groups is 1. The van der Waals surface area contributed by atoms with Crippen LogP contribution >= 0.6 is 23.6 Å². The topological polar surface area (TPSA) is 66.5 Å². The number of benzene rings is 2. The van der Waals surface area contributed by atoms with Gasteiger partial charge >= 0.3 is 0 Å². The van der Waals surface area contributed by atoms with Crippen molar-refractivity contribution in [3.8, 4) is 5.75 Å². The van der Waals surface area contributed by atoms with Gasteiger partial charge in [0.15, 0.2) is 11.7 Å². The summed E-state index contributed by atoms with van der Waals surface area (Å²) in [5.74, 6) is 0.437. The highest BCUT2D eigenvalue weighted by molar-refractivity contribution is 7.80. The maximum Gasteiger partial charge on any atom is 0.262 e. The van der Waals surface area contributed by atoms with Gasteiger partial charge in [-0.1, -0.05) is 30.3 Å². The molecule has 34 heavy (non-hydrogen) atoms. The molecule has 1 fully saturated rings. The lowest BCUT2D eigenvalue weighted by Gasteiger charge is -2.27. The van der Waals surface area contributed by atoms with Crippen LogP contribution in [-0.4, -0.2) is 22.6 Å². The number of para-hydroxylation sites is 1. The number of anilines is 2. The average Bonchev–Trinajstić information content (AvgIpc) is 3.52. The first-order valence-corrected chi connectivity index (χ1v) is 12.1. The van der Waals surface area contributed by atoms with E-state index in [-0.39, 0.29) is 24.6 Å². The number of rotatable bonds is 7. The molecule has 2 aromatic heterocycles. The Morgan fingerprint density at radius 3 is 2.53 bits per heavy atom.